The predicted molar refractivity (Wildman–Crippen MR) is 123 cm³/mol. The van der Waals surface area contributed by atoms with Crippen molar-refractivity contribution in [3.05, 3.63) is 55.4 Å². The minimum absolute atomic E-state index is 0.0344. The largest absolute Gasteiger partial charge is 0.356 e. The van der Waals surface area contributed by atoms with Crippen LogP contribution in [0.1, 0.15) is 28.8 Å². The van der Waals surface area contributed by atoms with Gasteiger partial charge in [0.25, 0.3) is 0 Å². The van der Waals surface area contributed by atoms with Gasteiger partial charge in [0.2, 0.25) is 5.91 Å². The van der Waals surface area contributed by atoms with E-state index >= 15 is 0 Å². The number of hydrogen-bond donors (Lipinski definition) is 1. The van der Waals surface area contributed by atoms with E-state index in [4.69, 9.17) is 34.8 Å². The molecule has 0 atom stereocenters. The van der Waals surface area contributed by atoms with E-state index in [1.54, 1.807) is 24.3 Å². The molecule has 11 heteroatoms. The summed E-state index contributed by atoms with van der Waals surface area (Å²) in [6.07, 6.45) is 1.28. The molecule has 30 heavy (non-hydrogen) atoms. The Morgan fingerprint density at radius 1 is 1.13 bits per heavy atom. The highest BCUT2D eigenvalue weighted by Crippen LogP contribution is 2.29. The van der Waals surface area contributed by atoms with Gasteiger partial charge in [0, 0.05) is 19.9 Å². The number of aryl methyl sites for hydroxylation is 1. The van der Waals surface area contributed by atoms with E-state index in [9.17, 15) is 9.59 Å². The topological polar surface area (TPSA) is 76.9 Å². The minimum Gasteiger partial charge on any atom is -0.356 e. The summed E-state index contributed by atoms with van der Waals surface area (Å²) in [6.45, 7) is 2.01. The van der Waals surface area contributed by atoms with E-state index in [0.717, 1.165) is 5.69 Å². The number of benzene rings is 1. The number of thiophene rings is 1. The first-order valence-corrected chi connectivity index (χ1v) is 11.8. The lowest BCUT2D eigenvalue weighted by Crippen LogP contribution is -2.21. The van der Waals surface area contributed by atoms with E-state index in [0.29, 0.717) is 49.6 Å². The van der Waals surface area contributed by atoms with Gasteiger partial charge in [-0.15, -0.1) is 21.5 Å². The average Bonchev–Trinajstić information content (AvgIpc) is 3.31. The number of nitrogens with one attached hydrogen (secondary N) is 1. The molecule has 0 unspecified atom stereocenters. The summed E-state index contributed by atoms with van der Waals surface area (Å²) in [7, 11) is 0. The number of carbonyl (C=O) groups is 2. The normalized spacial score (nSPS) is 10.9. The number of amides is 1. The highest BCUT2D eigenvalue weighted by atomic mass is 35.5. The molecule has 0 aliphatic carbocycles. The minimum atomic E-state index is -0.0793. The molecular formula is C19H17Cl3N4O2S2. The van der Waals surface area contributed by atoms with Crippen molar-refractivity contribution in [2.45, 2.75) is 24.9 Å². The molecule has 1 N–H and O–H groups in total. The Kier molecular flexibility index (Phi) is 8.19. The van der Waals surface area contributed by atoms with Crippen LogP contribution in [0.3, 0.4) is 0 Å². The monoisotopic (exact) mass is 502 g/mol. The van der Waals surface area contributed by atoms with Crippen molar-refractivity contribution in [3.8, 4) is 5.69 Å². The molecule has 0 fully saturated rings. The molecule has 0 spiro atoms. The zero-order valence-corrected chi connectivity index (χ0v) is 19.7. The lowest BCUT2D eigenvalue weighted by molar-refractivity contribution is -0.118. The standard InChI is InChI=1S/C19H17Cl3N4O2S2/c1-11(27)23-8-2-3-18-24-25-19(26(18)12-4-5-13(20)14(21)9-12)29-10-15(28)16-6-7-17(22)30-16/h4-7,9H,2-3,8,10H2,1H3,(H,23,27). The van der Waals surface area contributed by atoms with Crippen molar-refractivity contribution in [3.63, 3.8) is 0 Å². The first-order valence-electron chi connectivity index (χ1n) is 8.90. The first kappa shape index (κ1) is 23.1. The number of ketones is 1. The zero-order chi connectivity index (χ0) is 21.7. The van der Waals surface area contributed by atoms with E-state index in [2.05, 4.69) is 15.5 Å². The molecule has 1 amide bonds. The van der Waals surface area contributed by atoms with Gasteiger partial charge in [-0.25, -0.2) is 0 Å². The molecule has 1 aromatic carbocycles. The first-order chi connectivity index (χ1) is 14.3. The number of hydrogen-bond acceptors (Lipinski definition) is 6. The van der Waals surface area contributed by atoms with Crippen LogP contribution in [0.5, 0.6) is 0 Å². The Bertz CT molecular complexity index is 1070. The summed E-state index contributed by atoms with van der Waals surface area (Å²) >= 11 is 20.7. The molecule has 158 valence electrons. The molecule has 0 bridgehead atoms. The van der Waals surface area contributed by atoms with Gasteiger partial charge < -0.3 is 5.32 Å². The van der Waals surface area contributed by atoms with E-state index in [1.807, 2.05) is 10.6 Å². The molecular weight excluding hydrogens is 487 g/mol. The fourth-order valence-electron chi connectivity index (χ4n) is 2.62. The van der Waals surface area contributed by atoms with Crippen molar-refractivity contribution in [1.29, 1.82) is 0 Å². The summed E-state index contributed by atoms with van der Waals surface area (Å²) in [5.41, 5.74) is 0.748. The van der Waals surface area contributed by atoms with Crippen LogP contribution in [-0.4, -0.2) is 38.8 Å². The maximum Gasteiger partial charge on any atom is 0.216 e. The summed E-state index contributed by atoms with van der Waals surface area (Å²) in [6, 6.07) is 8.67. The molecule has 0 saturated heterocycles. The number of nitrogens with zero attached hydrogens (tertiary/aromatic N) is 3. The van der Waals surface area contributed by atoms with Crippen LogP contribution in [-0.2, 0) is 11.2 Å². The van der Waals surface area contributed by atoms with Crippen molar-refractivity contribution in [1.82, 2.24) is 20.1 Å². The van der Waals surface area contributed by atoms with Gasteiger partial charge >= 0.3 is 0 Å². The average molecular weight is 504 g/mol. The summed E-state index contributed by atoms with van der Waals surface area (Å²) < 4.78 is 2.43. The number of carbonyl (C=O) groups excluding carboxylic acids is 2. The quantitative estimate of drug-likeness (QED) is 0.242. The Labute approximate surface area is 196 Å². The smallest absolute Gasteiger partial charge is 0.216 e. The van der Waals surface area contributed by atoms with Crippen LogP contribution in [0.2, 0.25) is 14.4 Å². The SMILES string of the molecule is CC(=O)NCCCc1nnc(SCC(=O)c2ccc(Cl)s2)n1-c1ccc(Cl)c(Cl)c1. The van der Waals surface area contributed by atoms with Gasteiger partial charge in [-0.2, -0.15) is 0 Å². The van der Waals surface area contributed by atoms with Gasteiger partial charge in [-0.1, -0.05) is 46.6 Å². The fourth-order valence-corrected chi connectivity index (χ4v) is 4.83. The van der Waals surface area contributed by atoms with Crippen molar-refractivity contribution in [2.24, 2.45) is 0 Å². The third-order valence-corrected chi connectivity index (χ3v) is 6.93. The predicted octanol–water partition coefficient (Wildman–Crippen LogP) is 5.33. The van der Waals surface area contributed by atoms with Crippen LogP contribution in [0.4, 0.5) is 0 Å². The third-order valence-electron chi connectivity index (χ3n) is 3.99. The number of aromatic nitrogens is 3. The second-order valence-electron chi connectivity index (χ2n) is 6.23. The number of rotatable bonds is 9. The number of halogens is 3. The molecule has 6 nitrogen and oxygen atoms in total. The summed E-state index contributed by atoms with van der Waals surface area (Å²) in [4.78, 5) is 24.1. The summed E-state index contributed by atoms with van der Waals surface area (Å²) in [5.74, 6) is 0.785. The maximum absolute atomic E-state index is 12.5. The third kappa shape index (κ3) is 5.98. The Morgan fingerprint density at radius 3 is 2.60 bits per heavy atom. The van der Waals surface area contributed by atoms with Gasteiger partial charge in [0.1, 0.15) is 5.82 Å². The van der Waals surface area contributed by atoms with Gasteiger partial charge in [-0.3, -0.25) is 14.2 Å². The number of Topliss-reactive ketones (excluding diaryl/α,β-unsaturated/α-hetero) is 1. The van der Waals surface area contributed by atoms with Crippen LogP contribution in [0.15, 0.2) is 35.5 Å². The van der Waals surface area contributed by atoms with Crippen molar-refractivity contribution >= 4 is 69.6 Å². The van der Waals surface area contributed by atoms with Crippen molar-refractivity contribution < 1.29 is 9.59 Å². The van der Waals surface area contributed by atoms with Crippen LogP contribution in [0.25, 0.3) is 5.69 Å². The molecule has 2 heterocycles. The summed E-state index contributed by atoms with van der Waals surface area (Å²) in [5, 5.41) is 12.7. The van der Waals surface area contributed by atoms with Crippen LogP contribution in [0, 0.1) is 0 Å². The maximum atomic E-state index is 12.5. The Morgan fingerprint density at radius 2 is 1.93 bits per heavy atom. The molecule has 0 aliphatic rings. The van der Waals surface area contributed by atoms with Crippen LogP contribution >= 0.6 is 57.9 Å². The lowest BCUT2D eigenvalue weighted by Gasteiger charge is -2.11. The lowest BCUT2D eigenvalue weighted by atomic mass is 10.2. The molecule has 3 aromatic rings. The number of thioether (sulfide) groups is 1. The van der Waals surface area contributed by atoms with Gasteiger partial charge in [0.05, 0.1) is 30.7 Å². The van der Waals surface area contributed by atoms with Crippen molar-refractivity contribution in [2.75, 3.05) is 12.3 Å². The fraction of sp³-hybridized carbons (Fsp3) is 0.263. The second-order valence-corrected chi connectivity index (χ2v) is 9.71. The second kappa shape index (κ2) is 10.6. The van der Waals surface area contributed by atoms with E-state index in [-0.39, 0.29) is 17.4 Å². The van der Waals surface area contributed by atoms with Gasteiger partial charge in [0.15, 0.2) is 10.9 Å². The zero-order valence-electron chi connectivity index (χ0n) is 15.8. The Balaban J connectivity index is 1.81. The molecule has 2 aromatic heterocycles. The molecule has 3 rings (SSSR count). The molecule has 0 aliphatic heterocycles. The van der Waals surface area contributed by atoms with Crippen LogP contribution < -0.4 is 5.32 Å². The molecule has 0 radical (unpaired) electrons. The van der Waals surface area contributed by atoms with E-state index < -0.39 is 0 Å². The molecule has 0 saturated carbocycles. The van der Waals surface area contributed by atoms with Gasteiger partial charge in [-0.05, 0) is 36.8 Å². The Hall–Kier alpha value is -1.58. The van der Waals surface area contributed by atoms with E-state index in [1.165, 1.54) is 30.0 Å². The highest BCUT2D eigenvalue weighted by Gasteiger charge is 2.18. The highest BCUT2D eigenvalue weighted by molar-refractivity contribution is 7.99.